The van der Waals surface area contributed by atoms with Crippen LogP contribution in [0.1, 0.15) is 11.1 Å². The maximum Gasteiger partial charge on any atom is 0.129 e. The lowest BCUT2D eigenvalue weighted by Crippen LogP contribution is -2.10. The average Bonchev–Trinajstić information content (AvgIpc) is 2.61. The van der Waals surface area contributed by atoms with Gasteiger partial charge in [0.15, 0.2) is 0 Å². The fourth-order valence-corrected chi connectivity index (χ4v) is 2.61. The van der Waals surface area contributed by atoms with Gasteiger partial charge < -0.3 is 14.7 Å². The lowest BCUT2D eigenvalue weighted by Gasteiger charge is -2.13. The van der Waals surface area contributed by atoms with Crippen LogP contribution in [0.15, 0.2) is 65.8 Å². The number of ether oxygens (including phenoxy) is 2. The Labute approximate surface area is 141 Å². The SMILES string of the molecule is Cc1ccccc1OCCOc1ccc2ccccc2c1C=NO. The summed E-state index contributed by atoms with van der Waals surface area (Å²) < 4.78 is 11.6. The molecule has 0 radical (unpaired) electrons. The number of para-hydroxylation sites is 1. The molecule has 3 aromatic carbocycles. The molecule has 0 aromatic heterocycles. The van der Waals surface area contributed by atoms with Gasteiger partial charge in [0.1, 0.15) is 24.7 Å². The molecule has 0 heterocycles. The van der Waals surface area contributed by atoms with Crippen LogP contribution in [0.25, 0.3) is 10.8 Å². The summed E-state index contributed by atoms with van der Waals surface area (Å²) in [6, 6.07) is 19.6. The van der Waals surface area contributed by atoms with Gasteiger partial charge in [0.2, 0.25) is 0 Å². The number of benzene rings is 3. The number of hydrogen-bond donors (Lipinski definition) is 1. The second kappa shape index (κ2) is 7.51. The van der Waals surface area contributed by atoms with Gasteiger partial charge in [-0.1, -0.05) is 53.7 Å². The molecule has 3 rings (SSSR count). The molecule has 0 saturated heterocycles. The molecule has 24 heavy (non-hydrogen) atoms. The number of oxime groups is 1. The third-order valence-corrected chi connectivity index (χ3v) is 3.81. The highest BCUT2D eigenvalue weighted by Crippen LogP contribution is 2.26. The van der Waals surface area contributed by atoms with Crippen molar-refractivity contribution in [1.29, 1.82) is 0 Å². The van der Waals surface area contributed by atoms with Gasteiger partial charge in [0.05, 0.1) is 6.21 Å². The predicted octanol–water partition coefficient (Wildman–Crippen LogP) is 4.41. The molecular formula is C20H19NO3. The average molecular weight is 321 g/mol. The van der Waals surface area contributed by atoms with E-state index in [-0.39, 0.29) is 0 Å². The second-order valence-electron chi connectivity index (χ2n) is 5.41. The standard InChI is InChI=1S/C20H19NO3/c1-15-6-2-5-9-19(15)23-12-13-24-20-11-10-16-7-3-4-8-17(16)18(20)14-21-22/h2-11,14,22H,12-13H2,1H3. The highest BCUT2D eigenvalue weighted by Gasteiger charge is 2.07. The van der Waals surface area contributed by atoms with Crippen molar-refractivity contribution in [2.24, 2.45) is 5.16 Å². The molecule has 122 valence electrons. The van der Waals surface area contributed by atoms with Gasteiger partial charge in [-0.2, -0.15) is 0 Å². The van der Waals surface area contributed by atoms with Crippen molar-refractivity contribution in [3.05, 3.63) is 71.8 Å². The zero-order valence-electron chi connectivity index (χ0n) is 13.5. The van der Waals surface area contributed by atoms with Crippen LogP contribution in [-0.2, 0) is 0 Å². The Morgan fingerprint density at radius 2 is 1.58 bits per heavy atom. The van der Waals surface area contributed by atoms with Crippen LogP contribution in [-0.4, -0.2) is 24.6 Å². The summed E-state index contributed by atoms with van der Waals surface area (Å²) in [6.07, 6.45) is 1.40. The minimum atomic E-state index is 0.402. The smallest absolute Gasteiger partial charge is 0.129 e. The highest BCUT2D eigenvalue weighted by atomic mass is 16.5. The summed E-state index contributed by atoms with van der Waals surface area (Å²) in [6.45, 7) is 2.85. The molecular weight excluding hydrogens is 302 g/mol. The van der Waals surface area contributed by atoms with Crippen LogP contribution in [0, 0.1) is 6.92 Å². The first-order chi connectivity index (χ1) is 11.8. The van der Waals surface area contributed by atoms with Gasteiger partial charge >= 0.3 is 0 Å². The molecule has 4 nitrogen and oxygen atoms in total. The van der Waals surface area contributed by atoms with Crippen molar-refractivity contribution in [3.63, 3.8) is 0 Å². The third kappa shape index (κ3) is 3.49. The van der Waals surface area contributed by atoms with E-state index in [4.69, 9.17) is 14.7 Å². The third-order valence-electron chi connectivity index (χ3n) is 3.81. The van der Waals surface area contributed by atoms with Crippen molar-refractivity contribution < 1.29 is 14.7 Å². The number of nitrogens with zero attached hydrogens (tertiary/aromatic N) is 1. The van der Waals surface area contributed by atoms with E-state index in [1.54, 1.807) is 0 Å². The summed E-state index contributed by atoms with van der Waals surface area (Å²) in [4.78, 5) is 0. The Kier molecular flexibility index (Phi) is 4.96. The van der Waals surface area contributed by atoms with Gasteiger partial charge in [-0.25, -0.2) is 0 Å². The van der Waals surface area contributed by atoms with E-state index >= 15 is 0 Å². The molecule has 1 N–H and O–H groups in total. The maximum atomic E-state index is 8.94. The number of rotatable bonds is 6. The fraction of sp³-hybridized carbons (Fsp3) is 0.150. The zero-order chi connectivity index (χ0) is 16.8. The van der Waals surface area contributed by atoms with E-state index in [0.29, 0.717) is 19.0 Å². The van der Waals surface area contributed by atoms with Gasteiger partial charge in [-0.05, 0) is 35.4 Å². The molecule has 0 spiro atoms. The molecule has 0 atom stereocenters. The lowest BCUT2D eigenvalue weighted by atomic mass is 10.0. The first kappa shape index (κ1) is 15.9. The van der Waals surface area contributed by atoms with Crippen molar-refractivity contribution >= 4 is 17.0 Å². The minimum absolute atomic E-state index is 0.402. The maximum absolute atomic E-state index is 8.94. The number of hydrogen-bond acceptors (Lipinski definition) is 4. The van der Waals surface area contributed by atoms with Crippen LogP contribution in [0.2, 0.25) is 0 Å². The van der Waals surface area contributed by atoms with Crippen molar-refractivity contribution in [2.75, 3.05) is 13.2 Å². The summed E-state index contributed by atoms with van der Waals surface area (Å²) in [5, 5.41) is 14.2. The Balaban J connectivity index is 1.71. The highest BCUT2D eigenvalue weighted by molar-refractivity contribution is 6.02. The lowest BCUT2D eigenvalue weighted by molar-refractivity contribution is 0.216. The molecule has 0 saturated carbocycles. The molecule has 0 aliphatic heterocycles. The first-order valence-corrected chi connectivity index (χ1v) is 7.80. The van der Waals surface area contributed by atoms with Crippen molar-refractivity contribution in [1.82, 2.24) is 0 Å². The minimum Gasteiger partial charge on any atom is -0.490 e. The molecule has 0 bridgehead atoms. The molecule has 0 unspecified atom stereocenters. The normalized spacial score (nSPS) is 11.0. The predicted molar refractivity (Wildman–Crippen MR) is 95.5 cm³/mol. The molecule has 0 aliphatic rings. The van der Waals surface area contributed by atoms with Crippen molar-refractivity contribution in [3.8, 4) is 11.5 Å². The van der Waals surface area contributed by atoms with Crippen LogP contribution < -0.4 is 9.47 Å². The van der Waals surface area contributed by atoms with E-state index in [1.807, 2.05) is 67.6 Å². The summed E-state index contributed by atoms with van der Waals surface area (Å²) in [5.41, 5.74) is 1.85. The molecule has 0 amide bonds. The molecule has 4 heteroatoms. The Hall–Kier alpha value is -3.01. The monoisotopic (exact) mass is 321 g/mol. The Morgan fingerprint density at radius 1 is 0.875 bits per heavy atom. The quantitative estimate of drug-likeness (QED) is 0.316. The number of fused-ring (bicyclic) bond motifs is 1. The Bertz CT molecular complexity index is 858. The van der Waals surface area contributed by atoms with Gasteiger partial charge in [-0.15, -0.1) is 0 Å². The zero-order valence-corrected chi connectivity index (χ0v) is 13.5. The van der Waals surface area contributed by atoms with E-state index in [1.165, 1.54) is 6.21 Å². The molecule has 3 aromatic rings. The van der Waals surface area contributed by atoms with Crippen LogP contribution in [0.5, 0.6) is 11.5 Å². The first-order valence-electron chi connectivity index (χ1n) is 7.80. The van der Waals surface area contributed by atoms with Gasteiger partial charge in [-0.3, -0.25) is 0 Å². The summed E-state index contributed by atoms with van der Waals surface area (Å²) in [5.74, 6) is 1.52. The number of aryl methyl sites for hydroxylation is 1. The van der Waals surface area contributed by atoms with Gasteiger partial charge in [0, 0.05) is 5.56 Å². The van der Waals surface area contributed by atoms with Crippen molar-refractivity contribution in [2.45, 2.75) is 6.92 Å². The van der Waals surface area contributed by atoms with E-state index in [2.05, 4.69) is 5.16 Å². The Morgan fingerprint density at radius 3 is 2.38 bits per heavy atom. The molecule has 0 fully saturated rings. The van der Waals surface area contributed by atoms with Crippen LogP contribution in [0.4, 0.5) is 0 Å². The van der Waals surface area contributed by atoms with E-state index in [9.17, 15) is 0 Å². The van der Waals surface area contributed by atoms with Crippen LogP contribution >= 0.6 is 0 Å². The second-order valence-corrected chi connectivity index (χ2v) is 5.41. The topological polar surface area (TPSA) is 51.0 Å². The van der Waals surface area contributed by atoms with Crippen LogP contribution in [0.3, 0.4) is 0 Å². The fourth-order valence-electron chi connectivity index (χ4n) is 2.61. The van der Waals surface area contributed by atoms with E-state index < -0.39 is 0 Å². The summed E-state index contributed by atoms with van der Waals surface area (Å²) in [7, 11) is 0. The van der Waals surface area contributed by atoms with Gasteiger partial charge in [0.25, 0.3) is 0 Å². The summed E-state index contributed by atoms with van der Waals surface area (Å²) >= 11 is 0. The largest absolute Gasteiger partial charge is 0.490 e. The molecule has 0 aliphatic carbocycles. The van der Waals surface area contributed by atoms with E-state index in [0.717, 1.165) is 27.6 Å².